The highest BCUT2D eigenvalue weighted by atomic mass is 16.6. The highest BCUT2D eigenvalue weighted by Crippen LogP contribution is 2.18. The topological polar surface area (TPSA) is 98.3 Å². The molecule has 0 saturated heterocycles. The lowest BCUT2D eigenvalue weighted by Gasteiger charge is -2.04. The van der Waals surface area contributed by atoms with Gasteiger partial charge in [-0.2, -0.15) is 5.10 Å². The average molecular weight is 275 g/mol. The van der Waals surface area contributed by atoms with Crippen molar-refractivity contribution >= 4 is 11.7 Å². The summed E-state index contributed by atoms with van der Waals surface area (Å²) < 4.78 is 1.27. The summed E-state index contributed by atoms with van der Waals surface area (Å²) in [6, 6.07) is 5.87. The van der Waals surface area contributed by atoms with Crippen LogP contribution in [-0.4, -0.2) is 25.8 Å². The van der Waals surface area contributed by atoms with E-state index in [0.29, 0.717) is 0 Å². The van der Waals surface area contributed by atoms with Crippen LogP contribution in [0, 0.1) is 24.0 Å². The molecule has 1 heterocycles. The zero-order chi connectivity index (χ0) is 14.9. The van der Waals surface area contributed by atoms with Crippen LogP contribution in [0.3, 0.4) is 0 Å². The Morgan fingerprint density at radius 3 is 2.40 bits per heavy atom. The van der Waals surface area contributed by atoms with Gasteiger partial charge in [-0.25, -0.2) is 4.79 Å². The van der Waals surface area contributed by atoms with E-state index in [1.54, 1.807) is 0 Å². The van der Waals surface area contributed by atoms with E-state index in [0.717, 1.165) is 22.9 Å². The van der Waals surface area contributed by atoms with E-state index < -0.39 is 22.3 Å². The van der Waals surface area contributed by atoms with E-state index >= 15 is 0 Å². The first-order chi connectivity index (χ1) is 9.36. The minimum absolute atomic E-state index is 0.288. The number of rotatable bonds is 4. The van der Waals surface area contributed by atoms with E-state index in [1.807, 2.05) is 32.0 Å². The van der Waals surface area contributed by atoms with Crippen LogP contribution in [0.5, 0.6) is 0 Å². The normalized spacial score (nSPS) is 10.5. The number of nitro groups is 1. The van der Waals surface area contributed by atoms with Crippen molar-refractivity contribution < 1.29 is 14.8 Å². The predicted molar refractivity (Wildman–Crippen MR) is 70.9 cm³/mol. The van der Waals surface area contributed by atoms with Crippen molar-refractivity contribution in [2.45, 2.75) is 20.4 Å². The first kappa shape index (κ1) is 13.7. The van der Waals surface area contributed by atoms with Crippen LogP contribution in [-0.2, 0) is 6.54 Å². The Kier molecular flexibility index (Phi) is 3.51. The van der Waals surface area contributed by atoms with Crippen LogP contribution in [0.4, 0.5) is 5.69 Å². The maximum Gasteiger partial charge on any atom is 0.363 e. The van der Waals surface area contributed by atoms with Gasteiger partial charge in [0.2, 0.25) is 5.69 Å². The number of nitrogens with zero attached hydrogens (tertiary/aromatic N) is 3. The Labute approximate surface area is 114 Å². The zero-order valence-corrected chi connectivity index (χ0v) is 11.0. The fourth-order valence-corrected chi connectivity index (χ4v) is 2.13. The van der Waals surface area contributed by atoms with Crippen molar-refractivity contribution in [2.24, 2.45) is 0 Å². The van der Waals surface area contributed by atoms with Gasteiger partial charge in [-0.15, -0.1) is 0 Å². The smallest absolute Gasteiger partial charge is 0.363 e. The Morgan fingerprint density at radius 1 is 1.35 bits per heavy atom. The molecule has 0 radical (unpaired) electrons. The largest absolute Gasteiger partial charge is 0.476 e. The molecule has 7 heteroatoms. The third-order valence-electron chi connectivity index (χ3n) is 2.77. The molecule has 2 aromatic rings. The number of hydrogen-bond donors (Lipinski definition) is 1. The monoisotopic (exact) mass is 275 g/mol. The first-order valence-corrected chi connectivity index (χ1v) is 5.89. The highest BCUT2D eigenvalue weighted by Gasteiger charge is 2.25. The molecule has 1 aromatic heterocycles. The Balaban J connectivity index is 2.36. The number of carbonyl (C=O) groups is 1. The lowest BCUT2D eigenvalue weighted by molar-refractivity contribution is -0.385. The summed E-state index contributed by atoms with van der Waals surface area (Å²) >= 11 is 0. The lowest BCUT2D eigenvalue weighted by Crippen LogP contribution is -2.05. The molecular weight excluding hydrogens is 262 g/mol. The summed E-state index contributed by atoms with van der Waals surface area (Å²) in [6.45, 7) is 4.19. The van der Waals surface area contributed by atoms with Crippen molar-refractivity contribution in [3.05, 3.63) is 56.9 Å². The number of carboxylic acids is 1. The first-order valence-electron chi connectivity index (χ1n) is 5.89. The van der Waals surface area contributed by atoms with E-state index in [9.17, 15) is 14.9 Å². The maximum absolute atomic E-state index is 10.9. The van der Waals surface area contributed by atoms with Gasteiger partial charge in [0, 0.05) is 0 Å². The van der Waals surface area contributed by atoms with Gasteiger partial charge in [-0.05, 0) is 19.4 Å². The van der Waals surface area contributed by atoms with E-state index in [2.05, 4.69) is 5.10 Å². The molecule has 0 amide bonds. The second-order valence-electron chi connectivity index (χ2n) is 4.62. The summed E-state index contributed by atoms with van der Waals surface area (Å²) in [4.78, 5) is 21.0. The Bertz CT molecular complexity index is 639. The van der Waals surface area contributed by atoms with Gasteiger partial charge in [0.05, 0.1) is 11.5 Å². The molecule has 7 nitrogen and oxygen atoms in total. The number of hydrogen-bond acceptors (Lipinski definition) is 4. The predicted octanol–water partition coefficient (Wildman–Crippen LogP) is 2.15. The molecule has 2 rings (SSSR count). The summed E-state index contributed by atoms with van der Waals surface area (Å²) in [5, 5.41) is 23.5. The maximum atomic E-state index is 10.9. The van der Waals surface area contributed by atoms with Crippen molar-refractivity contribution in [3.63, 3.8) is 0 Å². The fourth-order valence-electron chi connectivity index (χ4n) is 2.13. The van der Waals surface area contributed by atoms with Crippen molar-refractivity contribution in [1.29, 1.82) is 0 Å². The van der Waals surface area contributed by atoms with Crippen LogP contribution in [0.15, 0.2) is 24.4 Å². The molecule has 0 spiro atoms. The van der Waals surface area contributed by atoms with Crippen molar-refractivity contribution in [2.75, 3.05) is 0 Å². The minimum Gasteiger partial charge on any atom is -0.476 e. The molecule has 0 fully saturated rings. The van der Waals surface area contributed by atoms with Gasteiger partial charge in [-0.1, -0.05) is 29.3 Å². The van der Waals surface area contributed by atoms with E-state index in [1.165, 1.54) is 4.68 Å². The number of aromatic carboxylic acids is 1. The van der Waals surface area contributed by atoms with Gasteiger partial charge < -0.3 is 5.11 Å². The standard InChI is InChI=1S/C13H13N3O4/c1-8-3-9(2)5-10(4-8)6-15-7-11(16(19)20)12(14-15)13(17)18/h3-5,7H,6H2,1-2H3,(H,17,18). The second kappa shape index (κ2) is 5.12. The van der Waals surface area contributed by atoms with Crippen LogP contribution in [0.2, 0.25) is 0 Å². The minimum atomic E-state index is -1.41. The summed E-state index contributed by atoms with van der Waals surface area (Å²) in [5.41, 5.74) is 2.01. The number of aromatic nitrogens is 2. The summed E-state index contributed by atoms with van der Waals surface area (Å²) in [5.74, 6) is -1.41. The summed E-state index contributed by atoms with van der Waals surface area (Å²) in [6.07, 6.45) is 1.14. The molecule has 0 aliphatic rings. The van der Waals surface area contributed by atoms with Crippen molar-refractivity contribution in [1.82, 2.24) is 9.78 Å². The van der Waals surface area contributed by atoms with Gasteiger partial charge in [0.1, 0.15) is 6.20 Å². The molecule has 0 unspecified atom stereocenters. The van der Waals surface area contributed by atoms with Gasteiger partial charge in [-0.3, -0.25) is 14.8 Å². The third kappa shape index (κ3) is 2.82. The Morgan fingerprint density at radius 2 is 1.95 bits per heavy atom. The average Bonchev–Trinajstić information content (AvgIpc) is 2.71. The summed E-state index contributed by atoms with van der Waals surface area (Å²) in [7, 11) is 0. The third-order valence-corrected chi connectivity index (χ3v) is 2.77. The van der Waals surface area contributed by atoms with Crippen LogP contribution < -0.4 is 0 Å². The molecule has 0 aliphatic carbocycles. The van der Waals surface area contributed by atoms with Gasteiger partial charge >= 0.3 is 11.7 Å². The SMILES string of the molecule is Cc1cc(C)cc(Cn2cc([N+](=O)[O-])c(C(=O)O)n2)c1. The fraction of sp³-hybridized carbons (Fsp3) is 0.231. The van der Waals surface area contributed by atoms with Gasteiger partial charge in [0.15, 0.2) is 0 Å². The Hall–Kier alpha value is -2.70. The number of benzene rings is 1. The van der Waals surface area contributed by atoms with Crippen molar-refractivity contribution in [3.8, 4) is 0 Å². The van der Waals surface area contributed by atoms with Crippen LogP contribution in [0.25, 0.3) is 0 Å². The van der Waals surface area contributed by atoms with Crippen LogP contribution in [0.1, 0.15) is 27.2 Å². The quantitative estimate of drug-likeness (QED) is 0.681. The van der Waals surface area contributed by atoms with Crippen LogP contribution >= 0.6 is 0 Å². The molecule has 0 aliphatic heterocycles. The highest BCUT2D eigenvalue weighted by molar-refractivity contribution is 5.89. The van der Waals surface area contributed by atoms with Gasteiger partial charge in [0.25, 0.3) is 0 Å². The molecule has 0 bridgehead atoms. The molecule has 1 aromatic carbocycles. The van der Waals surface area contributed by atoms with E-state index in [-0.39, 0.29) is 6.54 Å². The molecule has 0 saturated carbocycles. The number of carboxylic acid groups (broad SMARTS) is 1. The molecule has 20 heavy (non-hydrogen) atoms. The second-order valence-corrected chi connectivity index (χ2v) is 4.62. The molecule has 0 atom stereocenters. The molecule has 104 valence electrons. The molecule has 1 N–H and O–H groups in total. The zero-order valence-electron chi connectivity index (χ0n) is 11.0. The lowest BCUT2D eigenvalue weighted by atomic mass is 10.1. The number of aryl methyl sites for hydroxylation is 2. The van der Waals surface area contributed by atoms with E-state index in [4.69, 9.17) is 5.11 Å². The molecular formula is C13H13N3O4.